The van der Waals surface area contributed by atoms with Gasteiger partial charge in [0, 0.05) is 12.2 Å². The fourth-order valence-electron chi connectivity index (χ4n) is 2.77. The Hall–Kier alpha value is -2.50. The normalized spacial score (nSPS) is 14.5. The molecule has 2 aromatic carbocycles. The third kappa shape index (κ3) is 2.76. The van der Waals surface area contributed by atoms with Crippen LogP contribution in [0.2, 0.25) is 0 Å². The molecule has 6 heteroatoms. The number of hydrogen-bond acceptors (Lipinski definition) is 2. The van der Waals surface area contributed by atoms with Crippen LogP contribution in [-0.2, 0) is 11.2 Å². The first-order chi connectivity index (χ1) is 11.0. The molecule has 0 fully saturated rings. The van der Waals surface area contributed by atoms with E-state index in [0.29, 0.717) is 6.54 Å². The maximum atomic E-state index is 13.7. The maximum Gasteiger partial charge on any atom is 0.246 e. The lowest BCUT2D eigenvalue weighted by atomic mass is 10.1. The zero-order valence-electron chi connectivity index (χ0n) is 12.4. The van der Waals surface area contributed by atoms with E-state index in [2.05, 4.69) is 5.32 Å². The van der Waals surface area contributed by atoms with Crippen molar-refractivity contribution in [3.63, 3.8) is 0 Å². The van der Waals surface area contributed by atoms with Crippen molar-refractivity contribution in [3.05, 3.63) is 59.4 Å². The largest absolute Gasteiger partial charge is 0.359 e. The average Bonchev–Trinajstić information content (AvgIpc) is 2.98. The van der Waals surface area contributed by atoms with Gasteiger partial charge in [-0.25, -0.2) is 13.2 Å². The lowest BCUT2D eigenvalue weighted by molar-refractivity contribution is -0.117. The van der Waals surface area contributed by atoms with E-state index >= 15 is 0 Å². The Bertz CT molecular complexity index is 763. The second-order valence-electron chi connectivity index (χ2n) is 5.46. The molecule has 2 aromatic rings. The third-order valence-corrected chi connectivity index (χ3v) is 4.06. The van der Waals surface area contributed by atoms with E-state index in [0.717, 1.165) is 29.8 Å². The smallest absolute Gasteiger partial charge is 0.246 e. The van der Waals surface area contributed by atoms with Gasteiger partial charge in [0.05, 0.1) is 5.69 Å². The number of fused-ring (bicyclic) bond motifs is 1. The number of rotatable bonds is 3. The molecule has 1 atom stereocenters. The SMILES string of the molecule is C[C@H](C(=O)Nc1ccc(F)c(F)c1F)N1CCc2ccccc21. The maximum absolute atomic E-state index is 13.7. The number of nitrogens with zero attached hydrogens (tertiary/aromatic N) is 1. The summed E-state index contributed by atoms with van der Waals surface area (Å²) in [5, 5.41) is 2.32. The van der Waals surface area contributed by atoms with Gasteiger partial charge in [0.15, 0.2) is 17.5 Å². The summed E-state index contributed by atoms with van der Waals surface area (Å²) in [4.78, 5) is 14.2. The first-order valence-corrected chi connectivity index (χ1v) is 7.28. The molecular weight excluding hydrogens is 305 g/mol. The van der Waals surface area contributed by atoms with E-state index in [-0.39, 0.29) is 5.69 Å². The number of benzene rings is 2. The fourth-order valence-corrected chi connectivity index (χ4v) is 2.77. The minimum absolute atomic E-state index is 0.367. The number of nitrogens with one attached hydrogen (secondary N) is 1. The van der Waals surface area contributed by atoms with Crippen molar-refractivity contribution >= 4 is 17.3 Å². The van der Waals surface area contributed by atoms with Crippen molar-refractivity contribution in [1.29, 1.82) is 0 Å². The van der Waals surface area contributed by atoms with Crippen LogP contribution >= 0.6 is 0 Å². The molecule has 1 amide bonds. The number of carbonyl (C=O) groups excluding carboxylic acids is 1. The summed E-state index contributed by atoms with van der Waals surface area (Å²) in [6.45, 7) is 2.36. The molecule has 0 radical (unpaired) electrons. The van der Waals surface area contributed by atoms with Gasteiger partial charge in [0.2, 0.25) is 5.91 Å². The van der Waals surface area contributed by atoms with Crippen molar-refractivity contribution in [2.24, 2.45) is 0 Å². The zero-order chi connectivity index (χ0) is 16.6. The highest BCUT2D eigenvalue weighted by Crippen LogP contribution is 2.29. The first-order valence-electron chi connectivity index (χ1n) is 7.28. The van der Waals surface area contributed by atoms with Crippen molar-refractivity contribution in [3.8, 4) is 0 Å². The highest BCUT2D eigenvalue weighted by molar-refractivity contribution is 5.97. The monoisotopic (exact) mass is 320 g/mol. The Balaban J connectivity index is 1.78. The molecule has 3 nitrogen and oxygen atoms in total. The molecule has 23 heavy (non-hydrogen) atoms. The Labute approximate surface area is 131 Å². The molecule has 0 aromatic heterocycles. The summed E-state index contributed by atoms with van der Waals surface area (Å²) in [6.07, 6.45) is 0.827. The van der Waals surface area contributed by atoms with Gasteiger partial charge in [-0.1, -0.05) is 18.2 Å². The molecule has 1 aliphatic heterocycles. The number of halogens is 3. The zero-order valence-corrected chi connectivity index (χ0v) is 12.4. The number of carbonyl (C=O) groups is 1. The molecule has 0 spiro atoms. The predicted octanol–water partition coefficient (Wildman–Crippen LogP) is 3.49. The Morgan fingerprint density at radius 3 is 2.65 bits per heavy atom. The molecule has 1 aliphatic rings. The molecule has 120 valence electrons. The molecular formula is C17H15F3N2O. The molecule has 3 rings (SSSR count). The Morgan fingerprint density at radius 2 is 1.87 bits per heavy atom. The van der Waals surface area contributed by atoms with E-state index < -0.39 is 29.4 Å². The van der Waals surface area contributed by atoms with E-state index in [1.54, 1.807) is 6.92 Å². The highest BCUT2D eigenvalue weighted by Gasteiger charge is 2.28. The van der Waals surface area contributed by atoms with Gasteiger partial charge in [-0.15, -0.1) is 0 Å². The summed E-state index contributed by atoms with van der Waals surface area (Å²) >= 11 is 0. The second kappa shape index (κ2) is 5.95. The van der Waals surface area contributed by atoms with Crippen LogP contribution in [0.25, 0.3) is 0 Å². The van der Waals surface area contributed by atoms with Gasteiger partial charge >= 0.3 is 0 Å². The second-order valence-corrected chi connectivity index (χ2v) is 5.46. The van der Waals surface area contributed by atoms with Crippen LogP contribution in [0.5, 0.6) is 0 Å². The van der Waals surface area contributed by atoms with E-state index in [1.165, 1.54) is 0 Å². The Kier molecular flexibility index (Phi) is 3.98. The number of hydrogen-bond donors (Lipinski definition) is 1. The van der Waals surface area contributed by atoms with Crippen molar-refractivity contribution < 1.29 is 18.0 Å². The van der Waals surface area contributed by atoms with Crippen LogP contribution in [0.1, 0.15) is 12.5 Å². The molecule has 0 bridgehead atoms. The summed E-state index contributed by atoms with van der Waals surface area (Å²) < 4.78 is 39.8. The van der Waals surface area contributed by atoms with Gasteiger partial charge in [-0.05, 0) is 37.1 Å². The summed E-state index contributed by atoms with van der Waals surface area (Å²) in [6, 6.07) is 8.96. The number of anilines is 2. The molecule has 1 N–H and O–H groups in total. The van der Waals surface area contributed by atoms with Crippen LogP contribution in [0.3, 0.4) is 0 Å². The van der Waals surface area contributed by atoms with E-state index in [1.807, 2.05) is 29.2 Å². The standard InChI is InChI=1S/C17H15F3N2O/c1-10(22-9-8-11-4-2-3-5-14(11)22)17(23)21-13-7-6-12(18)15(19)16(13)20/h2-7,10H,8-9H2,1H3,(H,21,23)/t10-/m1/s1. The fraction of sp³-hybridized carbons (Fsp3) is 0.235. The van der Waals surface area contributed by atoms with Crippen molar-refractivity contribution in [2.45, 2.75) is 19.4 Å². The van der Waals surface area contributed by atoms with Crippen LogP contribution in [-0.4, -0.2) is 18.5 Å². The summed E-state index contributed by atoms with van der Waals surface area (Å²) in [5.74, 6) is -4.76. The lowest BCUT2D eigenvalue weighted by Gasteiger charge is -2.26. The minimum atomic E-state index is -1.60. The minimum Gasteiger partial charge on any atom is -0.359 e. The topological polar surface area (TPSA) is 32.3 Å². The first kappa shape index (κ1) is 15.4. The molecule has 0 aliphatic carbocycles. The van der Waals surface area contributed by atoms with Crippen LogP contribution < -0.4 is 10.2 Å². The molecule has 0 saturated carbocycles. The van der Waals surface area contributed by atoms with Gasteiger partial charge in [0.1, 0.15) is 6.04 Å². The van der Waals surface area contributed by atoms with Gasteiger partial charge < -0.3 is 10.2 Å². The third-order valence-electron chi connectivity index (χ3n) is 4.06. The highest BCUT2D eigenvalue weighted by atomic mass is 19.2. The Morgan fingerprint density at radius 1 is 1.13 bits per heavy atom. The van der Waals surface area contributed by atoms with Gasteiger partial charge in [0.25, 0.3) is 0 Å². The van der Waals surface area contributed by atoms with Crippen LogP contribution in [0.15, 0.2) is 36.4 Å². The number of para-hydroxylation sites is 1. The van der Waals surface area contributed by atoms with Crippen LogP contribution in [0, 0.1) is 17.5 Å². The van der Waals surface area contributed by atoms with E-state index in [4.69, 9.17) is 0 Å². The van der Waals surface area contributed by atoms with Gasteiger partial charge in [-0.2, -0.15) is 0 Å². The molecule has 1 heterocycles. The van der Waals surface area contributed by atoms with Crippen molar-refractivity contribution in [1.82, 2.24) is 0 Å². The summed E-state index contributed by atoms with van der Waals surface area (Å²) in [7, 11) is 0. The number of amides is 1. The quantitative estimate of drug-likeness (QED) is 0.878. The molecule has 0 saturated heterocycles. The average molecular weight is 320 g/mol. The van der Waals surface area contributed by atoms with Gasteiger partial charge in [-0.3, -0.25) is 4.79 Å². The molecule has 0 unspecified atom stereocenters. The predicted molar refractivity (Wildman–Crippen MR) is 81.9 cm³/mol. The van der Waals surface area contributed by atoms with E-state index in [9.17, 15) is 18.0 Å². The summed E-state index contributed by atoms with van der Waals surface area (Å²) in [5.41, 5.74) is 1.74. The van der Waals surface area contributed by atoms with Crippen molar-refractivity contribution in [2.75, 3.05) is 16.8 Å². The van der Waals surface area contributed by atoms with Crippen LogP contribution in [0.4, 0.5) is 24.5 Å². The lowest BCUT2D eigenvalue weighted by Crippen LogP contribution is -2.41.